The first-order valence-corrected chi connectivity index (χ1v) is 12.7. The van der Waals surface area contributed by atoms with E-state index in [0.717, 1.165) is 48.4 Å². The van der Waals surface area contributed by atoms with Crippen molar-refractivity contribution in [2.45, 2.75) is 44.6 Å². The molecule has 184 valence electrons. The number of piperidine rings is 1. The van der Waals surface area contributed by atoms with Gasteiger partial charge < -0.3 is 18.9 Å². The van der Waals surface area contributed by atoms with Crippen LogP contribution in [0.5, 0.6) is 11.5 Å². The van der Waals surface area contributed by atoms with Gasteiger partial charge in [0, 0.05) is 43.1 Å². The number of rotatable bonds is 7. The van der Waals surface area contributed by atoms with Crippen molar-refractivity contribution in [1.29, 1.82) is 0 Å². The molecular formula is C29H29N3O4. The van der Waals surface area contributed by atoms with E-state index in [9.17, 15) is 4.79 Å². The molecule has 0 radical (unpaired) electrons. The van der Waals surface area contributed by atoms with Crippen LogP contribution in [0.15, 0.2) is 65.2 Å². The molecule has 2 fully saturated rings. The van der Waals surface area contributed by atoms with Crippen LogP contribution < -0.4 is 9.47 Å². The zero-order valence-electron chi connectivity index (χ0n) is 20.4. The number of pyridine rings is 1. The number of hydrogen-bond donors (Lipinski definition) is 0. The number of ether oxygens (including phenoxy) is 2. The molecule has 2 aromatic heterocycles. The van der Waals surface area contributed by atoms with E-state index in [1.807, 2.05) is 72.5 Å². The molecule has 7 nitrogen and oxygen atoms in total. The number of likely N-dealkylation sites (tertiary alicyclic amines) is 1. The van der Waals surface area contributed by atoms with Crippen molar-refractivity contribution >= 4 is 17.0 Å². The van der Waals surface area contributed by atoms with Crippen molar-refractivity contribution < 1.29 is 18.8 Å². The zero-order chi connectivity index (χ0) is 24.5. The van der Waals surface area contributed by atoms with Gasteiger partial charge >= 0.3 is 0 Å². The summed E-state index contributed by atoms with van der Waals surface area (Å²) in [5.74, 6) is 1.91. The van der Waals surface area contributed by atoms with E-state index in [-0.39, 0.29) is 12.0 Å². The molecule has 1 saturated carbocycles. The lowest BCUT2D eigenvalue weighted by Crippen LogP contribution is -2.42. The number of aromatic nitrogens is 2. The Morgan fingerprint density at radius 3 is 2.44 bits per heavy atom. The lowest BCUT2D eigenvalue weighted by molar-refractivity contribution is 0.0591. The number of amides is 1. The molecule has 0 unspecified atom stereocenters. The normalized spacial score (nSPS) is 16.3. The summed E-state index contributed by atoms with van der Waals surface area (Å²) in [6, 6.07) is 19.5. The second kappa shape index (κ2) is 9.64. The van der Waals surface area contributed by atoms with Crippen LogP contribution in [0.25, 0.3) is 22.4 Å². The Morgan fingerprint density at radius 2 is 1.72 bits per heavy atom. The largest absolute Gasteiger partial charge is 0.490 e. The highest BCUT2D eigenvalue weighted by Crippen LogP contribution is 2.41. The van der Waals surface area contributed by atoms with E-state index < -0.39 is 0 Å². The minimum atomic E-state index is -0.00199. The highest BCUT2D eigenvalue weighted by molar-refractivity contribution is 6.09. The molecule has 3 heterocycles. The van der Waals surface area contributed by atoms with Crippen LogP contribution >= 0.6 is 0 Å². The molecular weight excluding hydrogens is 454 g/mol. The topological polar surface area (TPSA) is 77.7 Å². The van der Waals surface area contributed by atoms with E-state index in [1.165, 1.54) is 0 Å². The minimum absolute atomic E-state index is 0.00199. The zero-order valence-corrected chi connectivity index (χ0v) is 20.4. The van der Waals surface area contributed by atoms with E-state index in [1.54, 1.807) is 0 Å². The van der Waals surface area contributed by atoms with E-state index in [0.29, 0.717) is 48.0 Å². The fourth-order valence-corrected chi connectivity index (χ4v) is 4.87. The fourth-order valence-electron chi connectivity index (χ4n) is 4.87. The van der Waals surface area contributed by atoms with Gasteiger partial charge in [0.05, 0.1) is 17.6 Å². The molecule has 6 rings (SSSR count). The molecule has 2 aliphatic rings. The number of fused-ring (bicyclic) bond motifs is 1. The Labute approximate surface area is 210 Å². The molecule has 4 aromatic rings. The lowest BCUT2D eigenvalue weighted by Gasteiger charge is -2.32. The second-order valence-electron chi connectivity index (χ2n) is 9.44. The third-order valence-corrected chi connectivity index (χ3v) is 6.91. The maximum Gasteiger partial charge on any atom is 0.259 e. The van der Waals surface area contributed by atoms with Gasteiger partial charge in [-0.05, 0) is 38.0 Å². The summed E-state index contributed by atoms with van der Waals surface area (Å²) in [7, 11) is 0. The molecule has 1 aliphatic heterocycles. The van der Waals surface area contributed by atoms with Crippen molar-refractivity contribution in [3.63, 3.8) is 0 Å². The van der Waals surface area contributed by atoms with Gasteiger partial charge in [-0.3, -0.25) is 4.79 Å². The first-order chi connectivity index (χ1) is 17.7. The first-order valence-electron chi connectivity index (χ1n) is 12.7. The molecule has 0 atom stereocenters. The molecule has 0 spiro atoms. The van der Waals surface area contributed by atoms with Crippen molar-refractivity contribution in [2.24, 2.45) is 0 Å². The van der Waals surface area contributed by atoms with Crippen molar-refractivity contribution in [2.75, 3.05) is 19.7 Å². The van der Waals surface area contributed by atoms with Gasteiger partial charge in [-0.1, -0.05) is 47.6 Å². The Bertz CT molecular complexity index is 1370. The third-order valence-electron chi connectivity index (χ3n) is 6.91. The molecule has 1 aliphatic carbocycles. The van der Waals surface area contributed by atoms with Gasteiger partial charge in [-0.25, -0.2) is 4.98 Å². The van der Waals surface area contributed by atoms with Crippen LogP contribution in [0, 0.1) is 0 Å². The van der Waals surface area contributed by atoms with Gasteiger partial charge in [-0.15, -0.1) is 0 Å². The summed E-state index contributed by atoms with van der Waals surface area (Å²) >= 11 is 0. The van der Waals surface area contributed by atoms with E-state index in [4.69, 9.17) is 19.0 Å². The summed E-state index contributed by atoms with van der Waals surface area (Å²) in [6.07, 6.45) is 3.73. The first kappa shape index (κ1) is 22.6. The maximum atomic E-state index is 13.9. The van der Waals surface area contributed by atoms with Gasteiger partial charge in [0.15, 0.2) is 11.5 Å². The quantitative estimate of drug-likeness (QED) is 0.328. The number of para-hydroxylation sites is 2. The van der Waals surface area contributed by atoms with Crippen LogP contribution in [0.3, 0.4) is 0 Å². The third kappa shape index (κ3) is 4.41. The minimum Gasteiger partial charge on any atom is -0.490 e. The predicted molar refractivity (Wildman–Crippen MR) is 136 cm³/mol. The van der Waals surface area contributed by atoms with Crippen LogP contribution in [0.1, 0.15) is 54.6 Å². The van der Waals surface area contributed by atoms with Crippen LogP contribution in [-0.2, 0) is 0 Å². The predicted octanol–water partition coefficient (Wildman–Crippen LogP) is 5.85. The highest BCUT2D eigenvalue weighted by Gasteiger charge is 2.32. The summed E-state index contributed by atoms with van der Waals surface area (Å²) < 4.78 is 17.6. The number of carbonyl (C=O) groups excluding carboxylic acids is 1. The van der Waals surface area contributed by atoms with Gasteiger partial charge in [0.1, 0.15) is 11.8 Å². The molecule has 1 saturated heterocycles. The average molecular weight is 484 g/mol. The molecule has 1 amide bonds. The SMILES string of the molecule is CCOc1ccccc1OC1CCN(C(=O)c2cc(C3CC3)nc3onc(-c4ccccc4)c23)CC1. The van der Waals surface area contributed by atoms with Gasteiger partial charge in [-0.2, -0.15) is 0 Å². The number of benzene rings is 2. The van der Waals surface area contributed by atoms with Gasteiger partial charge in [0.2, 0.25) is 0 Å². The fraction of sp³-hybridized carbons (Fsp3) is 0.345. The molecule has 0 bridgehead atoms. The van der Waals surface area contributed by atoms with Crippen LogP contribution in [-0.4, -0.2) is 46.7 Å². The summed E-state index contributed by atoms with van der Waals surface area (Å²) in [5, 5.41) is 5.01. The number of nitrogens with zero attached hydrogens (tertiary/aromatic N) is 3. The van der Waals surface area contributed by atoms with Crippen molar-refractivity contribution in [3.05, 3.63) is 71.9 Å². The summed E-state index contributed by atoms with van der Waals surface area (Å²) in [4.78, 5) is 20.5. The summed E-state index contributed by atoms with van der Waals surface area (Å²) in [5.41, 5.74) is 3.56. The number of carbonyl (C=O) groups is 1. The Kier molecular flexibility index (Phi) is 6.05. The molecule has 7 heteroatoms. The van der Waals surface area contributed by atoms with E-state index in [2.05, 4.69) is 5.16 Å². The lowest BCUT2D eigenvalue weighted by atomic mass is 10.0. The Balaban J connectivity index is 1.25. The van der Waals surface area contributed by atoms with Crippen molar-refractivity contribution in [1.82, 2.24) is 15.0 Å². The monoisotopic (exact) mass is 483 g/mol. The molecule has 36 heavy (non-hydrogen) atoms. The Morgan fingerprint density at radius 1 is 1.00 bits per heavy atom. The average Bonchev–Trinajstić information content (AvgIpc) is 3.69. The summed E-state index contributed by atoms with van der Waals surface area (Å²) in [6.45, 7) is 3.79. The number of hydrogen-bond acceptors (Lipinski definition) is 6. The molecule has 2 aromatic carbocycles. The smallest absolute Gasteiger partial charge is 0.259 e. The van der Waals surface area contributed by atoms with Crippen LogP contribution in [0.4, 0.5) is 0 Å². The van der Waals surface area contributed by atoms with Gasteiger partial charge in [0.25, 0.3) is 11.6 Å². The van der Waals surface area contributed by atoms with Crippen molar-refractivity contribution in [3.8, 4) is 22.8 Å². The van der Waals surface area contributed by atoms with Crippen LogP contribution in [0.2, 0.25) is 0 Å². The molecule has 0 N–H and O–H groups in total. The van der Waals surface area contributed by atoms with E-state index >= 15 is 0 Å². The standard InChI is InChI=1S/C29H29N3O4/c1-2-34-24-10-6-7-11-25(24)35-21-14-16-32(17-15-21)29(33)22-18-23(19-12-13-19)30-28-26(22)27(31-36-28)20-8-4-3-5-9-20/h3-11,18-19,21H,2,12-17H2,1H3. The second-order valence-corrected chi connectivity index (χ2v) is 9.44. The highest BCUT2D eigenvalue weighted by atomic mass is 16.5. The Hall–Kier alpha value is -3.87. The maximum absolute atomic E-state index is 13.9.